The van der Waals surface area contributed by atoms with Gasteiger partial charge < -0.3 is 9.47 Å². The van der Waals surface area contributed by atoms with E-state index in [-0.39, 0.29) is 11.6 Å². The minimum atomic E-state index is -0.107. The summed E-state index contributed by atoms with van der Waals surface area (Å²) in [4.78, 5) is 2.26. The summed E-state index contributed by atoms with van der Waals surface area (Å²) < 4.78 is 12.3. The molecule has 1 heterocycles. The van der Waals surface area contributed by atoms with Crippen molar-refractivity contribution in [3.05, 3.63) is 60.7 Å². The number of fused-ring (bicyclic) bond motifs is 3. The molecule has 3 aromatic carbocycles. The van der Waals surface area contributed by atoms with Crippen LogP contribution in [-0.4, -0.2) is 13.3 Å². The van der Waals surface area contributed by atoms with E-state index in [1.54, 1.807) is 7.11 Å². The van der Waals surface area contributed by atoms with Crippen molar-refractivity contribution in [2.45, 2.75) is 27.0 Å². The van der Waals surface area contributed by atoms with Crippen LogP contribution in [0.1, 0.15) is 20.8 Å². The summed E-state index contributed by atoms with van der Waals surface area (Å²) in [6, 6.07) is 20.8. The maximum Gasteiger partial charge on any atom is 0.181 e. The number of ether oxygens (including phenoxy) is 2. The van der Waals surface area contributed by atoms with Crippen molar-refractivity contribution in [2.24, 2.45) is 5.41 Å². The summed E-state index contributed by atoms with van der Waals surface area (Å²) in [5, 5.41) is 2.24. The summed E-state index contributed by atoms with van der Waals surface area (Å²) >= 11 is 0. The zero-order valence-electron chi connectivity index (χ0n) is 15.1. The number of methoxy groups -OCH3 is 1. The molecule has 3 aromatic rings. The molecule has 1 aliphatic heterocycles. The molecule has 0 saturated heterocycles. The molecular formula is C22H23NO2. The van der Waals surface area contributed by atoms with Crippen molar-refractivity contribution >= 4 is 22.1 Å². The Kier molecular flexibility index (Phi) is 3.60. The van der Waals surface area contributed by atoms with Crippen LogP contribution in [0.25, 0.3) is 10.8 Å². The van der Waals surface area contributed by atoms with Gasteiger partial charge in [0.2, 0.25) is 0 Å². The van der Waals surface area contributed by atoms with Crippen LogP contribution in [-0.2, 0) is 0 Å². The first kappa shape index (κ1) is 15.8. The fourth-order valence-corrected chi connectivity index (χ4v) is 3.48. The molecule has 1 unspecified atom stereocenters. The average molecular weight is 333 g/mol. The van der Waals surface area contributed by atoms with Crippen molar-refractivity contribution in [3.63, 3.8) is 0 Å². The van der Waals surface area contributed by atoms with Crippen LogP contribution < -0.4 is 14.4 Å². The van der Waals surface area contributed by atoms with Gasteiger partial charge in [-0.25, -0.2) is 0 Å². The molecule has 1 aliphatic rings. The largest absolute Gasteiger partial charge is 0.494 e. The number of hydrogen-bond donors (Lipinski definition) is 0. The highest BCUT2D eigenvalue weighted by Gasteiger charge is 2.42. The van der Waals surface area contributed by atoms with Crippen LogP contribution >= 0.6 is 0 Å². The molecule has 25 heavy (non-hydrogen) atoms. The molecule has 0 saturated carbocycles. The minimum absolute atomic E-state index is 0.0685. The molecule has 4 rings (SSSR count). The van der Waals surface area contributed by atoms with Crippen molar-refractivity contribution in [1.82, 2.24) is 0 Å². The molecule has 0 amide bonds. The molecule has 128 valence electrons. The molecule has 1 atom stereocenters. The number of rotatable bonds is 2. The molecular weight excluding hydrogens is 310 g/mol. The van der Waals surface area contributed by atoms with Crippen LogP contribution in [0.5, 0.6) is 11.5 Å². The van der Waals surface area contributed by atoms with Crippen molar-refractivity contribution < 1.29 is 9.47 Å². The molecule has 0 bridgehead atoms. The normalized spacial score (nSPS) is 16.6. The summed E-state index contributed by atoms with van der Waals surface area (Å²) in [6.07, 6.45) is -0.107. The van der Waals surface area contributed by atoms with E-state index in [0.717, 1.165) is 33.6 Å². The van der Waals surface area contributed by atoms with E-state index in [0.29, 0.717) is 0 Å². The first-order valence-corrected chi connectivity index (χ1v) is 8.61. The monoisotopic (exact) mass is 333 g/mol. The summed E-state index contributed by atoms with van der Waals surface area (Å²) in [6.45, 7) is 6.61. The summed E-state index contributed by atoms with van der Waals surface area (Å²) in [5.41, 5.74) is 2.04. The SMILES string of the molecule is COc1cc2ccccc2c2c1N(c1ccccc1)C(C(C)(C)C)O2. The Labute approximate surface area is 148 Å². The van der Waals surface area contributed by atoms with Gasteiger partial charge in [0, 0.05) is 16.5 Å². The molecule has 0 spiro atoms. The zero-order chi connectivity index (χ0) is 17.6. The lowest BCUT2D eigenvalue weighted by Gasteiger charge is -2.34. The third-order valence-corrected chi connectivity index (χ3v) is 4.64. The summed E-state index contributed by atoms with van der Waals surface area (Å²) in [7, 11) is 1.72. The van der Waals surface area contributed by atoms with Gasteiger partial charge in [-0.15, -0.1) is 0 Å². The third-order valence-electron chi connectivity index (χ3n) is 4.64. The number of benzene rings is 3. The molecule has 0 aliphatic carbocycles. The van der Waals surface area contributed by atoms with E-state index < -0.39 is 0 Å². The molecule has 3 nitrogen and oxygen atoms in total. The van der Waals surface area contributed by atoms with Gasteiger partial charge in [0.05, 0.1) is 7.11 Å². The molecule has 0 radical (unpaired) electrons. The molecule has 0 fully saturated rings. The third kappa shape index (κ3) is 2.51. The first-order chi connectivity index (χ1) is 12.0. The number of hydrogen-bond acceptors (Lipinski definition) is 3. The van der Waals surface area contributed by atoms with Crippen LogP contribution in [0.15, 0.2) is 60.7 Å². The van der Waals surface area contributed by atoms with Crippen LogP contribution in [0, 0.1) is 5.41 Å². The van der Waals surface area contributed by atoms with E-state index in [1.165, 1.54) is 0 Å². The van der Waals surface area contributed by atoms with Gasteiger partial charge in [0.25, 0.3) is 0 Å². The Morgan fingerprint density at radius 2 is 1.64 bits per heavy atom. The lowest BCUT2D eigenvalue weighted by molar-refractivity contribution is 0.112. The van der Waals surface area contributed by atoms with Gasteiger partial charge >= 0.3 is 0 Å². The Morgan fingerprint density at radius 3 is 2.32 bits per heavy atom. The van der Waals surface area contributed by atoms with Crippen molar-refractivity contribution in [1.29, 1.82) is 0 Å². The maximum absolute atomic E-state index is 6.54. The Bertz CT molecular complexity index is 912. The summed E-state index contributed by atoms with van der Waals surface area (Å²) in [5.74, 6) is 1.74. The topological polar surface area (TPSA) is 21.7 Å². The predicted molar refractivity (Wildman–Crippen MR) is 103 cm³/mol. The van der Waals surface area contributed by atoms with Gasteiger partial charge in [-0.3, -0.25) is 4.90 Å². The fraction of sp³-hybridized carbons (Fsp3) is 0.273. The Morgan fingerprint density at radius 1 is 0.960 bits per heavy atom. The second-order valence-corrected chi connectivity index (χ2v) is 7.52. The van der Waals surface area contributed by atoms with E-state index in [2.05, 4.69) is 74.2 Å². The van der Waals surface area contributed by atoms with Gasteiger partial charge in [0.1, 0.15) is 11.4 Å². The van der Waals surface area contributed by atoms with Crippen molar-refractivity contribution in [2.75, 3.05) is 12.0 Å². The minimum Gasteiger partial charge on any atom is -0.494 e. The van der Waals surface area contributed by atoms with Crippen LogP contribution in [0.2, 0.25) is 0 Å². The van der Waals surface area contributed by atoms with Crippen LogP contribution in [0.3, 0.4) is 0 Å². The van der Waals surface area contributed by atoms with E-state index >= 15 is 0 Å². The van der Waals surface area contributed by atoms with E-state index in [9.17, 15) is 0 Å². The second-order valence-electron chi connectivity index (χ2n) is 7.52. The lowest BCUT2D eigenvalue weighted by Crippen LogP contribution is -2.41. The molecule has 0 aromatic heterocycles. The number of para-hydroxylation sites is 1. The quantitative estimate of drug-likeness (QED) is 0.596. The number of nitrogens with zero attached hydrogens (tertiary/aromatic N) is 1. The highest BCUT2D eigenvalue weighted by atomic mass is 16.5. The fourth-order valence-electron chi connectivity index (χ4n) is 3.48. The van der Waals surface area contributed by atoms with Crippen LogP contribution in [0.4, 0.5) is 11.4 Å². The van der Waals surface area contributed by atoms with E-state index in [1.807, 2.05) is 12.1 Å². The maximum atomic E-state index is 6.54. The lowest BCUT2D eigenvalue weighted by atomic mass is 9.93. The second kappa shape index (κ2) is 5.69. The first-order valence-electron chi connectivity index (χ1n) is 8.61. The molecule has 0 N–H and O–H groups in total. The highest BCUT2D eigenvalue weighted by molar-refractivity contribution is 5.99. The molecule has 3 heteroatoms. The number of anilines is 2. The van der Waals surface area contributed by atoms with E-state index in [4.69, 9.17) is 9.47 Å². The Balaban J connectivity index is 2.02. The average Bonchev–Trinajstić information content (AvgIpc) is 3.03. The van der Waals surface area contributed by atoms with Gasteiger partial charge in [-0.05, 0) is 23.6 Å². The van der Waals surface area contributed by atoms with Crippen molar-refractivity contribution in [3.8, 4) is 11.5 Å². The smallest absolute Gasteiger partial charge is 0.181 e. The van der Waals surface area contributed by atoms with Gasteiger partial charge in [-0.1, -0.05) is 63.2 Å². The van der Waals surface area contributed by atoms with Gasteiger partial charge in [0.15, 0.2) is 12.0 Å². The Hall–Kier alpha value is -2.68. The van der Waals surface area contributed by atoms with Gasteiger partial charge in [-0.2, -0.15) is 0 Å². The zero-order valence-corrected chi connectivity index (χ0v) is 15.1. The highest BCUT2D eigenvalue weighted by Crippen LogP contribution is 2.54. The standard InChI is InChI=1S/C22H23NO2/c1-22(2,3)21-23(16-11-6-5-7-12-16)19-18(24-4)14-15-10-8-9-13-17(15)20(19)25-21/h5-14,21H,1-4H3. The predicted octanol–water partition coefficient (Wildman–Crippen LogP) is 5.75.